The predicted molar refractivity (Wildman–Crippen MR) is 195 cm³/mol. The van der Waals surface area contributed by atoms with Crippen molar-refractivity contribution in [1.82, 2.24) is 25.0 Å². The number of nitrogen functional groups attached to an aromatic ring is 1. The first kappa shape index (κ1) is 41.6. The zero-order valence-electron chi connectivity index (χ0n) is 30.8. The van der Waals surface area contributed by atoms with E-state index in [2.05, 4.69) is 20.5 Å². The fourth-order valence-electron chi connectivity index (χ4n) is 5.69. The topological polar surface area (TPSA) is 268 Å². The molecule has 1 saturated heterocycles. The largest absolute Gasteiger partial charge is 0.468 e. The van der Waals surface area contributed by atoms with Crippen molar-refractivity contribution in [3.05, 3.63) is 89.9 Å². The molecule has 1 aliphatic heterocycles. The average Bonchev–Trinajstić information content (AvgIpc) is 3.72. The first-order valence-electron chi connectivity index (χ1n) is 17.3. The molecule has 0 saturated carbocycles. The van der Waals surface area contributed by atoms with Gasteiger partial charge in [-0.1, -0.05) is 42.5 Å². The molecule has 20 heteroatoms. The maximum atomic E-state index is 14.2. The lowest BCUT2D eigenvalue weighted by Gasteiger charge is -2.28. The van der Waals surface area contributed by atoms with E-state index in [1.54, 1.807) is 44.2 Å². The number of hydrogen-bond donors (Lipinski definition) is 5. The lowest BCUT2D eigenvalue weighted by molar-refractivity contribution is -0.149. The van der Waals surface area contributed by atoms with Crippen molar-refractivity contribution >= 4 is 37.1 Å². The maximum absolute atomic E-state index is 14.2. The number of rotatable bonds is 16. The van der Waals surface area contributed by atoms with Gasteiger partial charge in [0.15, 0.2) is 5.82 Å². The summed E-state index contributed by atoms with van der Waals surface area (Å²) in [6.07, 6.45) is -5.03. The molecule has 0 spiro atoms. The van der Waals surface area contributed by atoms with Gasteiger partial charge in [0.05, 0.1) is 18.9 Å². The highest BCUT2D eigenvalue weighted by Crippen LogP contribution is 2.48. The van der Waals surface area contributed by atoms with E-state index in [1.165, 1.54) is 48.1 Å². The summed E-state index contributed by atoms with van der Waals surface area (Å²) in [7, 11) is -3.52. The molecule has 1 amide bonds. The Balaban J connectivity index is 1.31. The Bertz CT molecular complexity index is 2100. The number of fused-ring (bicyclic) bond motifs is 1. The second kappa shape index (κ2) is 17.9. The van der Waals surface area contributed by atoms with Crippen LogP contribution in [0.15, 0.2) is 73.1 Å². The van der Waals surface area contributed by atoms with E-state index in [0.717, 1.165) is 12.7 Å². The average molecular weight is 796 g/mol. The number of aliphatic hydroxyl groups excluding tert-OH is 2. The molecule has 4 aromatic rings. The van der Waals surface area contributed by atoms with Crippen molar-refractivity contribution in [2.24, 2.45) is 0 Å². The van der Waals surface area contributed by atoms with Gasteiger partial charge in [-0.3, -0.25) is 9.32 Å². The van der Waals surface area contributed by atoms with Crippen LogP contribution in [0.25, 0.3) is 5.52 Å². The standard InChI is InChI=1S/C36H42N7O12P/c1-21(2)53-34(47)26(41-35(48)51-17-24-8-6-5-7-9-24)16-23-10-12-25(13-11-23)55-56(49,42-22(3)33(46)50-4)52-19-36(18-37)31(45)29(44)30(54-36)27-14-15-28-32(38)39-20-40-43(27)28/h5-15,20-22,26,29-31,44-45H,16-17,19H2,1-4H3,(H,41,48)(H,42,49)(H2,38,39,40)/t22-,26-,29-,30-,31-,36+,56?/m0/s1. The van der Waals surface area contributed by atoms with E-state index in [1.807, 2.05) is 12.1 Å². The van der Waals surface area contributed by atoms with E-state index < -0.39 is 74.5 Å². The molecule has 2 aromatic carbocycles. The van der Waals surface area contributed by atoms with Crippen molar-refractivity contribution < 1.29 is 57.2 Å². The smallest absolute Gasteiger partial charge is 0.459 e. The van der Waals surface area contributed by atoms with Gasteiger partial charge in [0, 0.05) is 6.42 Å². The number of nitriles is 1. The zero-order valence-corrected chi connectivity index (χ0v) is 31.7. The molecule has 1 fully saturated rings. The summed E-state index contributed by atoms with van der Waals surface area (Å²) in [5.74, 6) is -1.44. The van der Waals surface area contributed by atoms with E-state index in [9.17, 15) is 34.4 Å². The van der Waals surface area contributed by atoms with Crippen LogP contribution in [0.2, 0.25) is 0 Å². The van der Waals surface area contributed by atoms with E-state index in [-0.39, 0.29) is 30.3 Å². The van der Waals surface area contributed by atoms with Gasteiger partial charge < -0.3 is 44.7 Å². The molecule has 2 aromatic heterocycles. The summed E-state index contributed by atoms with van der Waals surface area (Å²) in [6, 6.07) is 17.3. The fraction of sp³-hybridized carbons (Fsp3) is 0.389. The van der Waals surface area contributed by atoms with Crippen molar-refractivity contribution in [1.29, 1.82) is 5.26 Å². The Morgan fingerprint density at radius 1 is 1.05 bits per heavy atom. The number of benzene rings is 2. The molecule has 3 heterocycles. The molecule has 7 atom stereocenters. The quantitative estimate of drug-likeness (QED) is 0.0619. The van der Waals surface area contributed by atoms with Crippen LogP contribution >= 0.6 is 7.75 Å². The summed E-state index contributed by atoms with van der Waals surface area (Å²) >= 11 is 0. The van der Waals surface area contributed by atoms with Crippen LogP contribution in [0.4, 0.5) is 10.6 Å². The van der Waals surface area contributed by atoms with Crippen LogP contribution in [0.5, 0.6) is 5.75 Å². The number of anilines is 1. The minimum atomic E-state index is -4.64. The van der Waals surface area contributed by atoms with Crippen molar-refractivity contribution in [3.63, 3.8) is 0 Å². The number of ether oxygens (including phenoxy) is 4. The van der Waals surface area contributed by atoms with Crippen LogP contribution in [0, 0.1) is 11.3 Å². The first-order valence-corrected chi connectivity index (χ1v) is 18.8. The van der Waals surface area contributed by atoms with Crippen LogP contribution in [-0.4, -0.2) is 92.6 Å². The number of nitrogens with two attached hydrogens (primary N) is 1. The van der Waals surface area contributed by atoms with Gasteiger partial charge in [-0.05, 0) is 56.2 Å². The maximum Gasteiger partial charge on any atom is 0.459 e. The van der Waals surface area contributed by atoms with Crippen LogP contribution in [-0.2, 0) is 50.7 Å². The summed E-state index contributed by atoms with van der Waals surface area (Å²) < 4.78 is 48.2. The molecule has 1 unspecified atom stereocenters. The van der Waals surface area contributed by atoms with E-state index >= 15 is 0 Å². The monoisotopic (exact) mass is 795 g/mol. The Hall–Kier alpha value is -5.61. The number of alkyl carbamates (subject to hydrolysis) is 1. The number of carbonyl (C=O) groups excluding carboxylic acids is 3. The minimum Gasteiger partial charge on any atom is -0.468 e. The van der Waals surface area contributed by atoms with Gasteiger partial charge in [0.2, 0.25) is 5.60 Å². The first-order chi connectivity index (χ1) is 26.7. The van der Waals surface area contributed by atoms with Crippen LogP contribution < -0.4 is 20.7 Å². The predicted octanol–water partition coefficient (Wildman–Crippen LogP) is 2.51. The number of carbonyl (C=O) groups is 3. The minimum absolute atomic E-state index is 0.0213. The van der Waals surface area contributed by atoms with Crippen molar-refractivity contribution in [2.45, 2.75) is 75.9 Å². The third kappa shape index (κ3) is 9.78. The van der Waals surface area contributed by atoms with Crippen molar-refractivity contribution in [2.75, 3.05) is 19.5 Å². The van der Waals surface area contributed by atoms with Gasteiger partial charge in [-0.25, -0.2) is 23.7 Å². The summed E-state index contributed by atoms with van der Waals surface area (Å²) in [5, 5.41) is 41.4. The highest BCUT2D eigenvalue weighted by Gasteiger charge is 2.57. The molecule has 6 N–H and O–H groups in total. The Kier molecular flexibility index (Phi) is 13.3. The molecular formula is C36H42N7O12P. The van der Waals surface area contributed by atoms with Gasteiger partial charge in [-0.2, -0.15) is 15.4 Å². The van der Waals surface area contributed by atoms with Gasteiger partial charge in [0.25, 0.3) is 0 Å². The van der Waals surface area contributed by atoms with Gasteiger partial charge in [-0.15, -0.1) is 0 Å². The number of nitrogens with zero attached hydrogens (tertiary/aromatic N) is 4. The second-order valence-electron chi connectivity index (χ2n) is 13.0. The third-order valence-electron chi connectivity index (χ3n) is 8.53. The number of nitrogens with one attached hydrogen (secondary N) is 2. The highest BCUT2D eigenvalue weighted by molar-refractivity contribution is 7.52. The fourth-order valence-corrected chi connectivity index (χ4v) is 7.21. The highest BCUT2D eigenvalue weighted by atomic mass is 31.2. The second-order valence-corrected chi connectivity index (χ2v) is 14.7. The lowest BCUT2D eigenvalue weighted by Crippen LogP contribution is -2.46. The molecule has 298 valence electrons. The number of esters is 2. The van der Waals surface area contributed by atoms with Crippen LogP contribution in [0.1, 0.15) is 43.7 Å². The van der Waals surface area contributed by atoms with Crippen molar-refractivity contribution in [3.8, 4) is 11.8 Å². The molecule has 56 heavy (non-hydrogen) atoms. The van der Waals surface area contributed by atoms with E-state index in [4.69, 9.17) is 33.7 Å². The Morgan fingerprint density at radius 3 is 2.43 bits per heavy atom. The summed E-state index contributed by atoms with van der Waals surface area (Å²) in [6.45, 7) is 3.72. The number of amides is 1. The molecule has 0 radical (unpaired) electrons. The van der Waals surface area contributed by atoms with Gasteiger partial charge in [0.1, 0.15) is 67.3 Å². The normalized spacial score (nSPS) is 21.4. The summed E-state index contributed by atoms with van der Waals surface area (Å²) in [4.78, 5) is 41.8. The number of hydrogen-bond acceptors (Lipinski definition) is 16. The third-order valence-corrected chi connectivity index (χ3v) is 10.1. The zero-order chi connectivity index (χ0) is 40.6. The Morgan fingerprint density at radius 2 is 1.77 bits per heavy atom. The molecule has 0 aliphatic carbocycles. The molecule has 5 rings (SSSR count). The van der Waals surface area contributed by atoms with Crippen LogP contribution in [0.3, 0.4) is 0 Å². The van der Waals surface area contributed by atoms with E-state index in [0.29, 0.717) is 11.1 Å². The van der Waals surface area contributed by atoms with Gasteiger partial charge >= 0.3 is 25.8 Å². The molecule has 19 nitrogen and oxygen atoms in total. The number of aromatic nitrogens is 3. The summed E-state index contributed by atoms with van der Waals surface area (Å²) in [5.41, 5.74) is 5.51. The molecular weight excluding hydrogens is 753 g/mol. The SMILES string of the molecule is COC(=O)[C@H](C)NP(=O)(OC[C@@]1(C#N)O[C@@H](c2ccc3c(N)ncnn23)[C@H](O)[C@@H]1O)Oc1ccc(C[C@H](NC(=O)OCc2ccccc2)C(=O)OC(C)C)cc1. The number of aliphatic hydroxyl groups is 2. The Labute approximate surface area is 321 Å². The molecule has 1 aliphatic rings. The molecule has 0 bridgehead atoms. The number of methoxy groups -OCH3 is 1. The lowest BCUT2D eigenvalue weighted by atomic mass is 9.96.